The van der Waals surface area contributed by atoms with Gasteiger partial charge in [0.2, 0.25) is 10.0 Å². The molecule has 0 atom stereocenters. The second kappa shape index (κ2) is 7.33. The van der Waals surface area contributed by atoms with Crippen molar-refractivity contribution in [1.82, 2.24) is 4.72 Å². The summed E-state index contributed by atoms with van der Waals surface area (Å²) in [7, 11) is -2.20. The van der Waals surface area contributed by atoms with Gasteiger partial charge in [0, 0.05) is 11.6 Å². The average molecular weight is 404 g/mol. The fourth-order valence-electron chi connectivity index (χ4n) is 2.82. The van der Waals surface area contributed by atoms with Crippen molar-refractivity contribution in [2.24, 2.45) is 0 Å². The molecule has 0 saturated heterocycles. The minimum Gasteiger partial charge on any atom is -0.495 e. The molecular formula is C19H20N2O6S. The van der Waals surface area contributed by atoms with Gasteiger partial charge in [0.05, 0.1) is 17.7 Å². The van der Waals surface area contributed by atoms with Gasteiger partial charge in [0.1, 0.15) is 19.0 Å². The normalized spacial score (nSPS) is 15.8. The Labute approximate surface area is 162 Å². The summed E-state index contributed by atoms with van der Waals surface area (Å²) >= 11 is 0. The molecule has 0 aromatic heterocycles. The van der Waals surface area contributed by atoms with Crippen LogP contribution in [0.3, 0.4) is 0 Å². The topological polar surface area (TPSA) is 103 Å². The SMILES string of the molecule is COc1ccc(S(=O)(=O)NC2CC2)cc1NC(=O)c1ccc2c(c1)OCCO2. The van der Waals surface area contributed by atoms with Gasteiger partial charge in [-0.2, -0.15) is 0 Å². The van der Waals surface area contributed by atoms with Crippen LogP contribution in [-0.2, 0) is 10.0 Å². The molecule has 1 saturated carbocycles. The van der Waals surface area contributed by atoms with Gasteiger partial charge in [-0.15, -0.1) is 0 Å². The van der Waals surface area contributed by atoms with E-state index in [-0.39, 0.29) is 16.6 Å². The molecule has 148 valence electrons. The maximum absolute atomic E-state index is 12.7. The Balaban J connectivity index is 1.59. The van der Waals surface area contributed by atoms with Crippen molar-refractivity contribution in [2.75, 3.05) is 25.6 Å². The number of anilines is 1. The van der Waals surface area contributed by atoms with E-state index in [2.05, 4.69) is 10.0 Å². The third kappa shape index (κ3) is 3.90. The molecule has 0 spiro atoms. The van der Waals surface area contributed by atoms with E-state index in [1.54, 1.807) is 18.2 Å². The Morgan fingerprint density at radius 2 is 1.82 bits per heavy atom. The van der Waals surface area contributed by atoms with Crippen molar-refractivity contribution in [2.45, 2.75) is 23.8 Å². The highest BCUT2D eigenvalue weighted by atomic mass is 32.2. The summed E-state index contributed by atoms with van der Waals surface area (Å²) in [5, 5.41) is 2.71. The highest BCUT2D eigenvalue weighted by Gasteiger charge is 2.28. The molecule has 0 unspecified atom stereocenters. The molecule has 9 heteroatoms. The number of ether oxygens (including phenoxy) is 3. The Kier molecular flexibility index (Phi) is 4.86. The summed E-state index contributed by atoms with van der Waals surface area (Å²) in [6.07, 6.45) is 1.67. The zero-order valence-electron chi connectivity index (χ0n) is 15.2. The van der Waals surface area contributed by atoms with Crippen molar-refractivity contribution in [3.63, 3.8) is 0 Å². The van der Waals surface area contributed by atoms with Crippen LogP contribution >= 0.6 is 0 Å². The van der Waals surface area contributed by atoms with E-state index in [1.165, 1.54) is 25.3 Å². The summed E-state index contributed by atoms with van der Waals surface area (Å²) in [5.41, 5.74) is 0.622. The van der Waals surface area contributed by atoms with Gasteiger partial charge < -0.3 is 19.5 Å². The second-order valence-corrected chi connectivity index (χ2v) is 8.28. The third-order valence-electron chi connectivity index (χ3n) is 4.43. The van der Waals surface area contributed by atoms with Crippen molar-refractivity contribution in [3.8, 4) is 17.2 Å². The van der Waals surface area contributed by atoms with E-state index < -0.39 is 15.9 Å². The minimum absolute atomic E-state index is 0.0112. The van der Waals surface area contributed by atoms with Crippen LogP contribution in [0.5, 0.6) is 17.2 Å². The summed E-state index contributed by atoms with van der Waals surface area (Å²) < 4.78 is 43.7. The van der Waals surface area contributed by atoms with Crippen molar-refractivity contribution in [1.29, 1.82) is 0 Å². The monoisotopic (exact) mass is 404 g/mol. The van der Waals surface area contributed by atoms with Gasteiger partial charge in [-0.1, -0.05) is 0 Å². The molecule has 1 aliphatic carbocycles. The average Bonchev–Trinajstić information content (AvgIpc) is 3.50. The first-order chi connectivity index (χ1) is 13.5. The molecule has 1 heterocycles. The van der Waals surface area contributed by atoms with Gasteiger partial charge >= 0.3 is 0 Å². The van der Waals surface area contributed by atoms with Gasteiger partial charge in [0.25, 0.3) is 5.91 Å². The van der Waals surface area contributed by atoms with Crippen molar-refractivity contribution < 1.29 is 27.4 Å². The molecule has 8 nitrogen and oxygen atoms in total. The van der Waals surface area contributed by atoms with Crippen LogP contribution in [0, 0.1) is 0 Å². The summed E-state index contributed by atoms with van der Waals surface area (Å²) in [5.74, 6) is 1.02. The second-order valence-electron chi connectivity index (χ2n) is 6.57. The molecule has 2 aromatic rings. The van der Waals surface area contributed by atoms with Crippen LogP contribution in [0.4, 0.5) is 5.69 Å². The van der Waals surface area contributed by atoms with Crippen molar-refractivity contribution >= 4 is 21.6 Å². The molecule has 2 N–H and O–H groups in total. The van der Waals surface area contributed by atoms with Gasteiger partial charge in [-0.3, -0.25) is 4.79 Å². The standard InChI is InChI=1S/C19H20N2O6S/c1-25-16-7-5-14(28(23,24)21-13-3-4-13)11-15(16)20-19(22)12-2-6-17-18(10-12)27-9-8-26-17/h2,5-7,10-11,13,21H,3-4,8-9H2,1H3,(H,20,22). The van der Waals surface area contributed by atoms with Crippen LogP contribution in [0.25, 0.3) is 0 Å². The molecule has 1 fully saturated rings. The fourth-order valence-corrected chi connectivity index (χ4v) is 4.15. The van der Waals surface area contributed by atoms with Crippen LogP contribution in [0.2, 0.25) is 0 Å². The lowest BCUT2D eigenvalue weighted by molar-refractivity contribution is 0.102. The Morgan fingerprint density at radius 3 is 2.54 bits per heavy atom. The maximum atomic E-state index is 12.7. The number of sulfonamides is 1. The van der Waals surface area contributed by atoms with E-state index in [4.69, 9.17) is 14.2 Å². The molecule has 0 radical (unpaired) electrons. The number of fused-ring (bicyclic) bond motifs is 1. The minimum atomic E-state index is -3.65. The number of hydrogen-bond donors (Lipinski definition) is 2. The molecular weight excluding hydrogens is 384 g/mol. The molecule has 1 aliphatic heterocycles. The van der Waals surface area contributed by atoms with Crippen LogP contribution in [-0.4, -0.2) is 40.7 Å². The van der Waals surface area contributed by atoms with Crippen LogP contribution in [0.15, 0.2) is 41.3 Å². The lowest BCUT2D eigenvalue weighted by Gasteiger charge is -2.19. The summed E-state index contributed by atoms with van der Waals surface area (Å²) in [6, 6.07) is 9.21. The Morgan fingerprint density at radius 1 is 1.07 bits per heavy atom. The highest BCUT2D eigenvalue weighted by Crippen LogP contribution is 2.32. The molecule has 2 aliphatic rings. The molecule has 28 heavy (non-hydrogen) atoms. The van der Waals surface area contributed by atoms with Gasteiger partial charge in [-0.25, -0.2) is 13.1 Å². The van der Waals surface area contributed by atoms with E-state index in [9.17, 15) is 13.2 Å². The lowest BCUT2D eigenvalue weighted by Crippen LogP contribution is -2.26. The first-order valence-corrected chi connectivity index (χ1v) is 10.4. The summed E-state index contributed by atoms with van der Waals surface area (Å²) in [4.78, 5) is 12.8. The molecule has 2 aromatic carbocycles. The number of methoxy groups -OCH3 is 1. The van der Waals surface area contributed by atoms with Crippen LogP contribution < -0.4 is 24.2 Å². The first kappa shape index (κ1) is 18.6. The number of hydrogen-bond acceptors (Lipinski definition) is 6. The van der Waals surface area contributed by atoms with Crippen molar-refractivity contribution in [3.05, 3.63) is 42.0 Å². The third-order valence-corrected chi connectivity index (χ3v) is 5.95. The summed E-state index contributed by atoms with van der Waals surface area (Å²) in [6.45, 7) is 0.881. The van der Waals surface area contributed by atoms with Crippen LogP contribution in [0.1, 0.15) is 23.2 Å². The lowest BCUT2D eigenvalue weighted by atomic mass is 10.1. The molecule has 0 bridgehead atoms. The van der Waals surface area contributed by atoms with E-state index in [1.807, 2.05) is 0 Å². The number of carbonyl (C=O) groups excluding carboxylic acids is 1. The predicted octanol–water partition coefficient (Wildman–Crippen LogP) is 2.16. The Bertz CT molecular complexity index is 1020. The largest absolute Gasteiger partial charge is 0.495 e. The number of nitrogens with one attached hydrogen (secondary N) is 2. The quantitative estimate of drug-likeness (QED) is 0.765. The maximum Gasteiger partial charge on any atom is 0.255 e. The number of amides is 1. The molecule has 4 rings (SSSR count). The molecule has 1 amide bonds. The fraction of sp³-hybridized carbons (Fsp3) is 0.316. The van der Waals surface area contributed by atoms with E-state index >= 15 is 0 Å². The first-order valence-electron chi connectivity index (χ1n) is 8.87. The van der Waals surface area contributed by atoms with Gasteiger partial charge in [0.15, 0.2) is 11.5 Å². The van der Waals surface area contributed by atoms with E-state index in [0.717, 1.165) is 12.8 Å². The highest BCUT2D eigenvalue weighted by molar-refractivity contribution is 7.89. The predicted molar refractivity (Wildman–Crippen MR) is 102 cm³/mol. The zero-order chi connectivity index (χ0) is 19.7. The zero-order valence-corrected chi connectivity index (χ0v) is 16.0. The number of benzene rings is 2. The Hall–Kier alpha value is -2.78. The van der Waals surface area contributed by atoms with E-state index in [0.29, 0.717) is 36.0 Å². The number of rotatable bonds is 6. The van der Waals surface area contributed by atoms with Gasteiger partial charge in [-0.05, 0) is 49.2 Å². The number of carbonyl (C=O) groups is 1. The smallest absolute Gasteiger partial charge is 0.255 e.